The van der Waals surface area contributed by atoms with E-state index in [1.54, 1.807) is 24.3 Å². The van der Waals surface area contributed by atoms with Crippen molar-refractivity contribution < 1.29 is 9.53 Å². The van der Waals surface area contributed by atoms with Gasteiger partial charge in [0.25, 0.3) is 0 Å². The van der Waals surface area contributed by atoms with E-state index < -0.39 is 10.9 Å². The molecule has 80 valence electrons. The number of alkyl halides is 1. The lowest BCUT2D eigenvalue weighted by Crippen LogP contribution is -2.12. The topological polar surface area (TPSA) is 51.0 Å². The van der Waals surface area contributed by atoms with Gasteiger partial charge in [-0.15, -0.1) is 0 Å². The Morgan fingerprint density at radius 3 is 2.60 bits per heavy atom. The fourth-order valence-electron chi connectivity index (χ4n) is 0.770. The van der Waals surface area contributed by atoms with Gasteiger partial charge in [0.2, 0.25) is 4.95 Å². The highest BCUT2D eigenvalue weighted by Crippen LogP contribution is 2.17. The number of esters is 1. The zero-order valence-corrected chi connectivity index (χ0v) is 10.2. The predicted molar refractivity (Wildman–Crippen MR) is 60.7 cm³/mol. The largest absolute Gasteiger partial charge is 0.467 e. The van der Waals surface area contributed by atoms with Crippen LogP contribution in [0.3, 0.4) is 0 Å². The van der Waals surface area contributed by atoms with Crippen molar-refractivity contribution in [1.29, 1.82) is 0 Å². The maximum absolute atomic E-state index is 10.9. The summed E-state index contributed by atoms with van der Waals surface area (Å²) < 4.78 is 4.46. The predicted octanol–water partition coefficient (Wildman–Crippen LogP) is 3.32. The van der Waals surface area contributed by atoms with Gasteiger partial charge in [-0.05, 0) is 40.2 Å². The van der Waals surface area contributed by atoms with Crippen LogP contribution in [0.4, 0.5) is 5.69 Å². The van der Waals surface area contributed by atoms with Gasteiger partial charge in [-0.3, -0.25) is 0 Å². The minimum atomic E-state index is -0.779. The zero-order valence-electron chi connectivity index (χ0n) is 7.85. The summed E-state index contributed by atoms with van der Waals surface area (Å²) in [4.78, 5) is 10.2. The number of carbonyl (C=O) groups excluding carboxylic acids is 1. The molecule has 0 aliphatic heterocycles. The van der Waals surface area contributed by atoms with Gasteiger partial charge in [-0.25, -0.2) is 4.79 Å². The number of methoxy groups -OCH3 is 1. The van der Waals surface area contributed by atoms with Crippen molar-refractivity contribution in [3.05, 3.63) is 29.3 Å². The highest BCUT2D eigenvalue weighted by Gasteiger charge is 2.12. The summed E-state index contributed by atoms with van der Waals surface area (Å²) in [7, 11) is 1.29. The third-order valence-electron chi connectivity index (χ3n) is 1.50. The Kier molecular flexibility index (Phi) is 4.71. The second-order valence-electron chi connectivity index (χ2n) is 2.55. The summed E-state index contributed by atoms with van der Waals surface area (Å²) in [6.45, 7) is 0. The molecule has 0 heterocycles. The first-order valence-corrected chi connectivity index (χ1v) is 5.31. The maximum atomic E-state index is 10.9. The first-order valence-electron chi connectivity index (χ1n) is 4.02. The van der Waals surface area contributed by atoms with E-state index in [-0.39, 0.29) is 0 Å². The maximum Gasteiger partial charge on any atom is 0.343 e. The molecule has 15 heavy (non-hydrogen) atoms. The minimum Gasteiger partial charge on any atom is -0.467 e. The molecular formula is C9H8BrClN2O2. The van der Waals surface area contributed by atoms with Gasteiger partial charge in [0.05, 0.1) is 12.8 Å². The summed E-state index contributed by atoms with van der Waals surface area (Å²) in [6.07, 6.45) is 0. The van der Waals surface area contributed by atoms with E-state index in [9.17, 15) is 4.79 Å². The Labute approximate surface area is 100 Å². The summed E-state index contributed by atoms with van der Waals surface area (Å²) >= 11 is 8.71. The summed E-state index contributed by atoms with van der Waals surface area (Å²) in [6, 6.07) is 6.78. The molecule has 6 heteroatoms. The molecule has 0 aliphatic rings. The quantitative estimate of drug-likeness (QED) is 0.371. The standard InChI is InChI=1S/C9H8BrClN2O2/c1-15-9(14)8(10)13-12-7-4-2-6(11)3-5-7/h2-5,8H,1H3. The van der Waals surface area contributed by atoms with Crippen molar-refractivity contribution in [3.63, 3.8) is 0 Å². The highest BCUT2D eigenvalue weighted by molar-refractivity contribution is 9.10. The van der Waals surface area contributed by atoms with Gasteiger partial charge in [0, 0.05) is 5.02 Å². The number of halogens is 2. The summed E-state index contributed by atoms with van der Waals surface area (Å²) in [5.74, 6) is -0.493. The Morgan fingerprint density at radius 2 is 2.07 bits per heavy atom. The molecule has 0 radical (unpaired) electrons. The van der Waals surface area contributed by atoms with Crippen LogP contribution in [0.2, 0.25) is 5.02 Å². The minimum absolute atomic E-state index is 0.493. The molecule has 0 saturated heterocycles. The van der Waals surface area contributed by atoms with Gasteiger partial charge in [0.1, 0.15) is 0 Å². The third-order valence-corrected chi connectivity index (χ3v) is 2.31. The molecule has 1 aromatic carbocycles. The Morgan fingerprint density at radius 1 is 1.47 bits per heavy atom. The van der Waals surface area contributed by atoms with E-state index in [0.717, 1.165) is 0 Å². The Hall–Kier alpha value is -0.940. The average molecular weight is 292 g/mol. The van der Waals surface area contributed by atoms with Crippen molar-refractivity contribution in [2.24, 2.45) is 10.2 Å². The van der Waals surface area contributed by atoms with Crippen LogP contribution in [-0.4, -0.2) is 18.0 Å². The van der Waals surface area contributed by atoms with E-state index >= 15 is 0 Å². The number of hydrogen-bond acceptors (Lipinski definition) is 4. The van der Waals surface area contributed by atoms with E-state index in [1.165, 1.54) is 7.11 Å². The van der Waals surface area contributed by atoms with Crippen molar-refractivity contribution in [1.82, 2.24) is 0 Å². The third kappa shape index (κ3) is 3.97. The first-order chi connectivity index (χ1) is 7.13. The number of rotatable bonds is 3. The molecule has 1 rings (SSSR count). The lowest BCUT2D eigenvalue weighted by atomic mass is 10.3. The normalized spacial score (nSPS) is 12.7. The van der Waals surface area contributed by atoms with Gasteiger partial charge >= 0.3 is 5.97 Å². The SMILES string of the molecule is COC(=O)C(Br)N=Nc1ccc(Cl)cc1. The second-order valence-corrected chi connectivity index (χ2v) is 3.85. The number of azo groups is 1. The number of carbonyl (C=O) groups is 1. The van der Waals surface area contributed by atoms with E-state index in [0.29, 0.717) is 10.7 Å². The lowest BCUT2D eigenvalue weighted by molar-refractivity contribution is -0.139. The van der Waals surface area contributed by atoms with Crippen LogP contribution < -0.4 is 0 Å². The van der Waals surface area contributed by atoms with Crippen molar-refractivity contribution in [3.8, 4) is 0 Å². The van der Waals surface area contributed by atoms with Crippen LogP contribution in [-0.2, 0) is 9.53 Å². The lowest BCUT2D eigenvalue weighted by Gasteiger charge is -1.99. The molecule has 0 spiro atoms. The molecule has 0 aromatic heterocycles. The van der Waals surface area contributed by atoms with Crippen LogP contribution in [0.15, 0.2) is 34.5 Å². The fourth-order valence-corrected chi connectivity index (χ4v) is 1.17. The number of ether oxygens (including phenoxy) is 1. The number of benzene rings is 1. The molecule has 1 unspecified atom stereocenters. The van der Waals surface area contributed by atoms with Crippen LogP contribution >= 0.6 is 27.5 Å². The molecule has 4 nitrogen and oxygen atoms in total. The van der Waals surface area contributed by atoms with E-state index in [4.69, 9.17) is 11.6 Å². The monoisotopic (exact) mass is 290 g/mol. The number of nitrogens with zero attached hydrogens (tertiary/aromatic N) is 2. The molecule has 0 amide bonds. The van der Waals surface area contributed by atoms with Crippen LogP contribution in [0.5, 0.6) is 0 Å². The molecule has 1 aromatic rings. The summed E-state index contributed by atoms with van der Waals surface area (Å²) in [5, 5.41) is 8.18. The second kappa shape index (κ2) is 5.82. The van der Waals surface area contributed by atoms with Gasteiger partial charge in [0.15, 0.2) is 0 Å². The van der Waals surface area contributed by atoms with Gasteiger partial charge in [-0.2, -0.15) is 10.2 Å². The van der Waals surface area contributed by atoms with Crippen LogP contribution in [0, 0.1) is 0 Å². The highest BCUT2D eigenvalue weighted by atomic mass is 79.9. The molecule has 0 aliphatic carbocycles. The zero-order chi connectivity index (χ0) is 11.3. The van der Waals surface area contributed by atoms with Crippen molar-refractivity contribution in [2.45, 2.75) is 4.95 Å². The van der Waals surface area contributed by atoms with Gasteiger partial charge < -0.3 is 4.74 Å². The fraction of sp³-hybridized carbons (Fsp3) is 0.222. The van der Waals surface area contributed by atoms with Crippen molar-refractivity contribution in [2.75, 3.05) is 7.11 Å². The summed E-state index contributed by atoms with van der Waals surface area (Å²) in [5.41, 5.74) is 0.618. The van der Waals surface area contributed by atoms with Gasteiger partial charge in [-0.1, -0.05) is 11.6 Å². The van der Waals surface area contributed by atoms with Crippen LogP contribution in [0.1, 0.15) is 0 Å². The van der Waals surface area contributed by atoms with Crippen LogP contribution in [0.25, 0.3) is 0 Å². The molecule has 0 bridgehead atoms. The molecule has 1 atom stereocenters. The molecular weight excluding hydrogens is 283 g/mol. The number of hydrogen-bond donors (Lipinski definition) is 0. The first kappa shape index (κ1) is 12.1. The molecule has 0 saturated carbocycles. The molecule has 0 N–H and O–H groups in total. The van der Waals surface area contributed by atoms with Crippen molar-refractivity contribution >= 4 is 39.2 Å². The molecule has 0 fully saturated rings. The van der Waals surface area contributed by atoms with E-state index in [1.807, 2.05) is 0 Å². The smallest absolute Gasteiger partial charge is 0.343 e. The average Bonchev–Trinajstić information content (AvgIpc) is 2.26. The van der Waals surface area contributed by atoms with E-state index in [2.05, 4.69) is 30.9 Å². The Bertz CT molecular complexity index is 367. The Balaban J connectivity index is 2.65.